The Kier molecular flexibility index (Phi) is 1.68. The van der Waals surface area contributed by atoms with Crippen LogP contribution in [0.15, 0.2) is 17.1 Å². The molecule has 1 saturated heterocycles. The molecule has 0 bridgehead atoms. The van der Waals surface area contributed by atoms with Crippen molar-refractivity contribution in [3.63, 3.8) is 0 Å². The number of Topliss-reactive ketones (excluding diaryl/α,β-unsaturated/α-hetero) is 1. The van der Waals surface area contributed by atoms with E-state index in [-0.39, 0.29) is 18.2 Å². The standard InChI is InChI=1S/C9H12N4O/c14-8-3-1-2-7-6(8)4-13-9(12-7)10-5-11-13/h1-2,5-7,9,12H,3-4H2,(H,10,11). The van der Waals surface area contributed by atoms with Crippen LogP contribution in [0.4, 0.5) is 0 Å². The predicted octanol–water partition coefficient (Wildman–Crippen LogP) is -0.764. The molecule has 0 aromatic rings. The number of ketones is 1. The van der Waals surface area contributed by atoms with Gasteiger partial charge in [-0.1, -0.05) is 12.2 Å². The third-order valence-electron chi connectivity index (χ3n) is 2.98. The minimum absolute atomic E-state index is 0.00759. The maximum absolute atomic E-state index is 11.6. The molecule has 14 heavy (non-hydrogen) atoms. The van der Waals surface area contributed by atoms with E-state index in [4.69, 9.17) is 0 Å². The van der Waals surface area contributed by atoms with Crippen LogP contribution < -0.4 is 10.7 Å². The molecular formula is C9H12N4O. The molecule has 0 saturated carbocycles. The van der Waals surface area contributed by atoms with Crippen molar-refractivity contribution in [3.05, 3.63) is 12.2 Å². The summed E-state index contributed by atoms with van der Waals surface area (Å²) >= 11 is 0. The Morgan fingerprint density at radius 3 is 3.43 bits per heavy atom. The summed E-state index contributed by atoms with van der Waals surface area (Å²) < 4.78 is 0. The number of allylic oxidation sites excluding steroid dienone is 1. The van der Waals surface area contributed by atoms with Gasteiger partial charge in [-0.2, -0.15) is 5.01 Å². The number of rotatable bonds is 0. The zero-order valence-corrected chi connectivity index (χ0v) is 7.68. The summed E-state index contributed by atoms with van der Waals surface area (Å²) in [6.07, 6.45) is 6.26. The van der Waals surface area contributed by atoms with Gasteiger partial charge in [0.05, 0.1) is 5.92 Å². The van der Waals surface area contributed by atoms with E-state index in [1.165, 1.54) is 0 Å². The van der Waals surface area contributed by atoms with E-state index in [0.29, 0.717) is 12.2 Å². The quantitative estimate of drug-likeness (QED) is 0.495. The Morgan fingerprint density at radius 2 is 2.50 bits per heavy atom. The van der Waals surface area contributed by atoms with Crippen molar-refractivity contribution < 1.29 is 4.79 Å². The largest absolute Gasteiger partial charge is 0.306 e. The van der Waals surface area contributed by atoms with E-state index < -0.39 is 0 Å². The van der Waals surface area contributed by atoms with Gasteiger partial charge in [0.15, 0.2) is 6.29 Å². The number of hydrogen-bond donors (Lipinski definition) is 2. The maximum Gasteiger partial charge on any atom is 0.174 e. The number of nitrogens with one attached hydrogen (secondary N) is 2. The molecule has 3 aliphatic rings. The Bertz CT molecular complexity index is 325. The van der Waals surface area contributed by atoms with Gasteiger partial charge in [0.2, 0.25) is 0 Å². The molecule has 2 heterocycles. The summed E-state index contributed by atoms with van der Waals surface area (Å²) in [5, 5.41) is 5.26. The van der Waals surface area contributed by atoms with Crippen LogP contribution in [-0.2, 0) is 4.79 Å². The fraction of sp³-hybridized carbons (Fsp3) is 0.556. The van der Waals surface area contributed by atoms with Crippen molar-refractivity contribution in [1.82, 2.24) is 15.8 Å². The highest BCUT2D eigenvalue weighted by Gasteiger charge is 2.39. The lowest BCUT2D eigenvalue weighted by Crippen LogP contribution is -2.61. The molecule has 5 heteroatoms. The summed E-state index contributed by atoms with van der Waals surface area (Å²) in [4.78, 5) is 15.8. The van der Waals surface area contributed by atoms with Crippen molar-refractivity contribution in [2.45, 2.75) is 18.8 Å². The minimum atomic E-state index is -0.00759. The predicted molar refractivity (Wildman–Crippen MR) is 51.3 cm³/mol. The van der Waals surface area contributed by atoms with E-state index in [9.17, 15) is 4.79 Å². The van der Waals surface area contributed by atoms with Gasteiger partial charge in [0, 0.05) is 19.0 Å². The van der Waals surface area contributed by atoms with E-state index in [1.54, 1.807) is 6.34 Å². The lowest BCUT2D eigenvalue weighted by molar-refractivity contribution is -0.125. The average molecular weight is 192 g/mol. The smallest absolute Gasteiger partial charge is 0.174 e. The van der Waals surface area contributed by atoms with Crippen molar-refractivity contribution in [2.24, 2.45) is 10.9 Å². The molecule has 5 nitrogen and oxygen atoms in total. The Hall–Kier alpha value is -1.20. The van der Waals surface area contributed by atoms with Crippen LogP contribution >= 0.6 is 0 Å². The first-order valence-corrected chi connectivity index (χ1v) is 4.84. The highest BCUT2D eigenvalue weighted by molar-refractivity contribution is 5.85. The molecule has 0 radical (unpaired) electrons. The Balaban J connectivity index is 1.85. The molecule has 3 rings (SSSR count). The van der Waals surface area contributed by atoms with Gasteiger partial charge in [0.25, 0.3) is 0 Å². The topological polar surface area (TPSA) is 56.7 Å². The molecular weight excluding hydrogens is 180 g/mol. The van der Waals surface area contributed by atoms with Crippen molar-refractivity contribution in [3.8, 4) is 0 Å². The molecule has 3 atom stereocenters. The number of hydrogen-bond acceptors (Lipinski definition) is 5. The fourth-order valence-electron chi connectivity index (χ4n) is 2.20. The van der Waals surface area contributed by atoms with Gasteiger partial charge in [-0.15, -0.1) is 0 Å². The lowest BCUT2D eigenvalue weighted by atomic mass is 9.87. The Labute approximate surface area is 81.8 Å². The molecule has 0 aromatic heterocycles. The molecule has 0 aromatic carbocycles. The number of carbonyl (C=O) groups excluding carboxylic acids is 1. The second-order valence-corrected chi connectivity index (χ2v) is 3.83. The molecule has 3 unspecified atom stereocenters. The Morgan fingerprint density at radius 1 is 1.57 bits per heavy atom. The molecule has 1 aliphatic carbocycles. The lowest BCUT2D eigenvalue weighted by Gasteiger charge is -2.39. The van der Waals surface area contributed by atoms with Crippen LogP contribution in [0.1, 0.15) is 6.42 Å². The van der Waals surface area contributed by atoms with Gasteiger partial charge in [-0.3, -0.25) is 10.1 Å². The van der Waals surface area contributed by atoms with Crippen LogP contribution in [-0.4, -0.2) is 36.0 Å². The van der Waals surface area contributed by atoms with Crippen LogP contribution in [0.5, 0.6) is 0 Å². The summed E-state index contributed by atoms with van der Waals surface area (Å²) in [6.45, 7) is 0.742. The van der Waals surface area contributed by atoms with Crippen molar-refractivity contribution >= 4 is 12.1 Å². The first kappa shape index (κ1) is 8.14. The second kappa shape index (κ2) is 2.90. The minimum Gasteiger partial charge on any atom is -0.306 e. The van der Waals surface area contributed by atoms with Crippen LogP contribution in [0.3, 0.4) is 0 Å². The van der Waals surface area contributed by atoms with Crippen molar-refractivity contribution in [2.75, 3.05) is 6.54 Å². The first-order valence-electron chi connectivity index (χ1n) is 4.84. The number of carbonyl (C=O) groups is 1. The molecule has 2 N–H and O–H groups in total. The third kappa shape index (κ3) is 1.09. The summed E-state index contributed by atoms with van der Waals surface area (Å²) in [5.74, 6) is 0.391. The number of aliphatic imine (C=N–C) groups is 1. The van der Waals surface area contributed by atoms with E-state index in [0.717, 1.165) is 6.54 Å². The summed E-state index contributed by atoms with van der Waals surface area (Å²) in [5.41, 5.74) is 3.01. The number of hydrazine groups is 1. The zero-order chi connectivity index (χ0) is 9.54. The third-order valence-corrected chi connectivity index (χ3v) is 2.98. The van der Waals surface area contributed by atoms with Crippen molar-refractivity contribution in [1.29, 1.82) is 0 Å². The van der Waals surface area contributed by atoms with Gasteiger partial charge in [-0.25, -0.2) is 4.99 Å². The SMILES string of the molecule is O=C1CC=CC2NC3N=CNN3CC12. The summed E-state index contributed by atoms with van der Waals surface area (Å²) in [6, 6.07) is 0.162. The zero-order valence-electron chi connectivity index (χ0n) is 7.68. The van der Waals surface area contributed by atoms with E-state index >= 15 is 0 Å². The van der Waals surface area contributed by atoms with E-state index in [2.05, 4.69) is 21.8 Å². The molecule has 1 fully saturated rings. The molecule has 0 amide bonds. The first-order chi connectivity index (χ1) is 6.84. The van der Waals surface area contributed by atoms with Crippen LogP contribution in [0.25, 0.3) is 0 Å². The average Bonchev–Trinajstić information content (AvgIpc) is 2.62. The highest BCUT2D eigenvalue weighted by Crippen LogP contribution is 2.23. The van der Waals surface area contributed by atoms with Gasteiger partial charge in [-0.05, 0) is 0 Å². The number of fused-ring (bicyclic) bond motifs is 2. The van der Waals surface area contributed by atoms with Gasteiger partial charge >= 0.3 is 0 Å². The number of nitrogens with zero attached hydrogens (tertiary/aromatic N) is 2. The van der Waals surface area contributed by atoms with Gasteiger partial charge < -0.3 is 5.43 Å². The van der Waals surface area contributed by atoms with Crippen LogP contribution in [0, 0.1) is 5.92 Å². The monoisotopic (exact) mass is 192 g/mol. The maximum atomic E-state index is 11.6. The fourth-order valence-corrected chi connectivity index (χ4v) is 2.20. The van der Waals surface area contributed by atoms with Gasteiger partial charge in [0.1, 0.15) is 12.1 Å². The molecule has 0 spiro atoms. The normalized spacial score (nSPS) is 40.6. The molecule has 74 valence electrons. The molecule has 2 aliphatic heterocycles. The second-order valence-electron chi connectivity index (χ2n) is 3.83. The van der Waals surface area contributed by atoms with E-state index in [1.807, 2.05) is 11.1 Å². The van der Waals surface area contributed by atoms with Crippen LogP contribution in [0.2, 0.25) is 0 Å². The highest BCUT2D eigenvalue weighted by atomic mass is 16.1. The summed E-state index contributed by atoms with van der Waals surface area (Å²) in [7, 11) is 0.